The smallest absolute Gasteiger partial charge is 0.287 e. The lowest BCUT2D eigenvalue weighted by Crippen LogP contribution is -2.36. The van der Waals surface area contributed by atoms with E-state index in [4.69, 9.17) is 0 Å². The van der Waals surface area contributed by atoms with Crippen LogP contribution in [-0.4, -0.2) is 38.9 Å². The van der Waals surface area contributed by atoms with E-state index >= 15 is 0 Å². The molecule has 3 heterocycles. The number of carbonyl (C=O) groups is 2. The molecule has 1 N–H and O–H groups in total. The third kappa shape index (κ3) is 3.36. The van der Waals surface area contributed by atoms with Crippen LogP contribution in [0.2, 0.25) is 0 Å². The van der Waals surface area contributed by atoms with Crippen LogP contribution >= 0.6 is 0 Å². The van der Waals surface area contributed by atoms with Crippen molar-refractivity contribution in [3.05, 3.63) is 52.6 Å². The summed E-state index contributed by atoms with van der Waals surface area (Å²) in [5, 5.41) is 2.91. The lowest BCUT2D eigenvalue weighted by atomic mass is 9.99. The Morgan fingerprint density at radius 3 is 2.63 bits per heavy atom. The Kier molecular flexibility index (Phi) is 4.72. The van der Waals surface area contributed by atoms with Crippen LogP contribution in [0.15, 0.2) is 24.3 Å². The van der Waals surface area contributed by atoms with Gasteiger partial charge in [0.1, 0.15) is 5.69 Å². The Morgan fingerprint density at radius 1 is 1.07 bits per heavy atom. The van der Waals surface area contributed by atoms with Gasteiger partial charge in [0.15, 0.2) is 5.82 Å². The molecule has 4 rings (SSSR count). The van der Waals surface area contributed by atoms with Crippen LogP contribution < -0.4 is 5.32 Å². The molecule has 1 aromatic heterocycles. The van der Waals surface area contributed by atoms with Crippen LogP contribution in [0.5, 0.6) is 0 Å². The number of hydrogen-bond donors (Lipinski definition) is 1. The molecule has 2 aromatic rings. The normalized spacial score (nSPS) is 16.0. The highest BCUT2D eigenvalue weighted by Crippen LogP contribution is 2.25. The molecular formula is C21H26N4O2. The molecule has 2 aliphatic heterocycles. The molecule has 0 aliphatic carbocycles. The van der Waals surface area contributed by atoms with Crippen LogP contribution in [0.3, 0.4) is 0 Å². The van der Waals surface area contributed by atoms with Gasteiger partial charge in [-0.2, -0.15) is 0 Å². The zero-order valence-electron chi connectivity index (χ0n) is 16.0. The van der Waals surface area contributed by atoms with E-state index in [2.05, 4.69) is 22.4 Å². The molecule has 0 saturated carbocycles. The largest absolute Gasteiger partial charge is 0.347 e. The third-order valence-electron chi connectivity index (χ3n) is 5.36. The minimum atomic E-state index is -0.198. The van der Waals surface area contributed by atoms with Crippen molar-refractivity contribution in [3.8, 4) is 0 Å². The highest BCUT2D eigenvalue weighted by atomic mass is 16.2. The quantitative estimate of drug-likeness (QED) is 0.908. The van der Waals surface area contributed by atoms with Gasteiger partial charge in [-0.3, -0.25) is 9.59 Å². The number of nitrogens with zero attached hydrogens (tertiary/aromatic N) is 3. The topological polar surface area (TPSA) is 67.2 Å². The summed E-state index contributed by atoms with van der Waals surface area (Å²) >= 11 is 0. The fourth-order valence-electron chi connectivity index (χ4n) is 4.03. The molecule has 1 aromatic carbocycles. The lowest BCUT2D eigenvalue weighted by Gasteiger charge is -2.28. The predicted octanol–water partition coefficient (Wildman–Crippen LogP) is 2.56. The molecule has 0 unspecified atom stereocenters. The summed E-state index contributed by atoms with van der Waals surface area (Å²) in [5.41, 5.74) is 3.88. The van der Waals surface area contributed by atoms with E-state index < -0.39 is 0 Å². The second-order valence-corrected chi connectivity index (χ2v) is 7.71. The highest BCUT2D eigenvalue weighted by molar-refractivity contribution is 5.97. The van der Waals surface area contributed by atoms with Gasteiger partial charge < -0.3 is 14.8 Å². The summed E-state index contributed by atoms with van der Waals surface area (Å²) in [6.07, 6.45) is 3.70. The molecule has 0 atom stereocenters. The first-order valence-electron chi connectivity index (χ1n) is 9.81. The molecule has 0 radical (unpaired) electrons. The summed E-state index contributed by atoms with van der Waals surface area (Å²) in [6, 6.07) is 8.30. The van der Waals surface area contributed by atoms with E-state index in [1.807, 2.05) is 35.4 Å². The van der Waals surface area contributed by atoms with E-state index in [0.29, 0.717) is 24.6 Å². The lowest BCUT2D eigenvalue weighted by molar-refractivity contribution is 0.0727. The van der Waals surface area contributed by atoms with Gasteiger partial charge in [0.05, 0.1) is 5.69 Å². The molecule has 6 heteroatoms. The van der Waals surface area contributed by atoms with Gasteiger partial charge in [0.2, 0.25) is 0 Å². The van der Waals surface area contributed by atoms with E-state index in [1.54, 1.807) is 0 Å². The number of imidazole rings is 1. The first kappa shape index (κ1) is 17.8. The zero-order chi connectivity index (χ0) is 19.0. The van der Waals surface area contributed by atoms with Gasteiger partial charge in [0, 0.05) is 25.7 Å². The zero-order valence-corrected chi connectivity index (χ0v) is 16.0. The molecule has 142 valence electrons. The van der Waals surface area contributed by atoms with Gasteiger partial charge >= 0.3 is 0 Å². The molecule has 0 saturated heterocycles. The Balaban J connectivity index is 1.64. The highest BCUT2D eigenvalue weighted by Gasteiger charge is 2.31. The maximum atomic E-state index is 13.3. The number of rotatable bonds is 3. The van der Waals surface area contributed by atoms with Crippen molar-refractivity contribution < 1.29 is 9.59 Å². The maximum absolute atomic E-state index is 13.3. The number of nitrogens with one attached hydrogen (secondary N) is 1. The molecule has 2 aliphatic rings. The minimum absolute atomic E-state index is 0.0341. The average Bonchev–Trinajstić information content (AvgIpc) is 3.06. The molecule has 6 nitrogen and oxygen atoms in total. The van der Waals surface area contributed by atoms with Crippen LogP contribution in [0, 0.1) is 0 Å². The Bertz CT molecular complexity index is 884. The van der Waals surface area contributed by atoms with Crippen molar-refractivity contribution in [3.63, 3.8) is 0 Å². The molecule has 0 spiro atoms. The van der Waals surface area contributed by atoms with E-state index in [1.165, 1.54) is 11.1 Å². The van der Waals surface area contributed by atoms with Crippen LogP contribution in [-0.2, 0) is 25.9 Å². The summed E-state index contributed by atoms with van der Waals surface area (Å²) in [4.78, 5) is 32.2. The number of fused-ring (bicyclic) bond motifs is 2. The van der Waals surface area contributed by atoms with Crippen molar-refractivity contribution in [2.75, 3.05) is 6.54 Å². The summed E-state index contributed by atoms with van der Waals surface area (Å²) in [5.74, 6) is 0.120. The fourth-order valence-corrected chi connectivity index (χ4v) is 4.03. The van der Waals surface area contributed by atoms with Crippen molar-refractivity contribution in [2.24, 2.45) is 0 Å². The van der Waals surface area contributed by atoms with Crippen molar-refractivity contribution in [2.45, 2.75) is 58.7 Å². The first-order chi connectivity index (χ1) is 13.0. The first-order valence-corrected chi connectivity index (χ1v) is 9.81. The van der Waals surface area contributed by atoms with E-state index in [0.717, 1.165) is 37.9 Å². The number of amides is 2. The van der Waals surface area contributed by atoms with Crippen molar-refractivity contribution in [1.29, 1.82) is 0 Å². The van der Waals surface area contributed by atoms with Gasteiger partial charge in [-0.1, -0.05) is 24.3 Å². The molecule has 0 bridgehead atoms. The molecular weight excluding hydrogens is 340 g/mol. The van der Waals surface area contributed by atoms with Crippen LogP contribution in [0.1, 0.15) is 64.6 Å². The van der Waals surface area contributed by atoms with Gasteiger partial charge in [0.25, 0.3) is 11.8 Å². The van der Waals surface area contributed by atoms with Crippen molar-refractivity contribution >= 4 is 11.8 Å². The average molecular weight is 366 g/mol. The number of benzene rings is 1. The number of aromatic nitrogens is 2. The van der Waals surface area contributed by atoms with Gasteiger partial charge in [-0.15, -0.1) is 0 Å². The van der Waals surface area contributed by atoms with Crippen LogP contribution in [0.25, 0.3) is 0 Å². The van der Waals surface area contributed by atoms with Crippen LogP contribution in [0.4, 0.5) is 0 Å². The monoisotopic (exact) mass is 366 g/mol. The minimum Gasteiger partial charge on any atom is -0.347 e. The third-order valence-corrected chi connectivity index (χ3v) is 5.36. The second kappa shape index (κ2) is 7.18. The fraction of sp³-hybridized carbons (Fsp3) is 0.476. The summed E-state index contributed by atoms with van der Waals surface area (Å²) < 4.78 is 1.95. The SMILES string of the molecule is CC(C)NC(=O)c1nc(C(=O)N2CCc3ccccc3C2)c2n1CCCC2. The Hall–Kier alpha value is -2.63. The summed E-state index contributed by atoms with van der Waals surface area (Å²) in [7, 11) is 0. The standard InChI is InChI=1S/C21H26N4O2/c1-14(2)22-20(26)19-23-18(17-9-5-6-11-25(17)19)21(27)24-12-10-15-7-3-4-8-16(15)13-24/h3-4,7-8,14H,5-6,9-13H2,1-2H3,(H,22,26). The second-order valence-electron chi connectivity index (χ2n) is 7.71. The van der Waals surface area contributed by atoms with Gasteiger partial charge in [-0.05, 0) is 50.7 Å². The molecule has 2 amide bonds. The van der Waals surface area contributed by atoms with Gasteiger partial charge in [-0.25, -0.2) is 4.98 Å². The molecule has 0 fully saturated rings. The van der Waals surface area contributed by atoms with Crippen molar-refractivity contribution in [1.82, 2.24) is 19.8 Å². The summed E-state index contributed by atoms with van der Waals surface area (Å²) in [6.45, 7) is 5.90. The van der Waals surface area contributed by atoms with E-state index in [-0.39, 0.29) is 17.9 Å². The Labute approximate surface area is 159 Å². The maximum Gasteiger partial charge on any atom is 0.287 e. The number of hydrogen-bond acceptors (Lipinski definition) is 3. The Morgan fingerprint density at radius 2 is 1.85 bits per heavy atom. The molecule has 27 heavy (non-hydrogen) atoms. The number of carbonyl (C=O) groups excluding carboxylic acids is 2. The predicted molar refractivity (Wildman–Crippen MR) is 103 cm³/mol. The van der Waals surface area contributed by atoms with E-state index in [9.17, 15) is 9.59 Å².